The lowest BCUT2D eigenvalue weighted by Gasteiger charge is -2.26. The van der Waals surface area contributed by atoms with Crippen LogP contribution in [0.15, 0.2) is 53.7 Å². The van der Waals surface area contributed by atoms with Gasteiger partial charge in [-0.1, -0.05) is 24.3 Å². The molecule has 1 amide bonds. The van der Waals surface area contributed by atoms with Crippen molar-refractivity contribution in [1.82, 2.24) is 25.2 Å². The highest BCUT2D eigenvalue weighted by Gasteiger charge is 2.24. The number of halogens is 1. The summed E-state index contributed by atoms with van der Waals surface area (Å²) in [6.45, 7) is 1.11. The van der Waals surface area contributed by atoms with Crippen LogP contribution in [0.25, 0.3) is 5.65 Å². The van der Waals surface area contributed by atoms with Crippen molar-refractivity contribution in [1.29, 1.82) is 0 Å². The Morgan fingerprint density at radius 3 is 2.89 bits per heavy atom. The highest BCUT2D eigenvalue weighted by Crippen LogP contribution is 2.31. The zero-order valence-electron chi connectivity index (χ0n) is 15.4. The van der Waals surface area contributed by atoms with Crippen molar-refractivity contribution in [3.63, 3.8) is 0 Å². The SMILES string of the molecule is CN=C(NCc1nnc2ccccn12)NCC1CC(=O)Nc2ccccc21.I. The molecule has 0 aliphatic carbocycles. The Morgan fingerprint density at radius 1 is 1.21 bits per heavy atom. The van der Waals surface area contributed by atoms with Crippen molar-refractivity contribution < 1.29 is 4.79 Å². The number of amides is 1. The second kappa shape index (κ2) is 9.00. The summed E-state index contributed by atoms with van der Waals surface area (Å²) < 4.78 is 1.93. The molecule has 1 atom stereocenters. The standard InChI is InChI=1S/C19H21N7O.HI/c1-20-19(22-12-17-25-24-16-8-4-5-9-26(16)17)21-11-13-10-18(27)23-15-7-3-2-6-14(13)15;/h2-9,13H,10-12H2,1H3,(H,23,27)(H2,20,21,22);1H. The first kappa shape index (κ1) is 20.1. The predicted molar refractivity (Wildman–Crippen MR) is 119 cm³/mol. The topological polar surface area (TPSA) is 95.7 Å². The van der Waals surface area contributed by atoms with Gasteiger partial charge in [0.05, 0.1) is 6.54 Å². The molecule has 0 radical (unpaired) electrons. The summed E-state index contributed by atoms with van der Waals surface area (Å²) in [4.78, 5) is 16.2. The third-order valence-electron chi connectivity index (χ3n) is 4.64. The molecule has 0 bridgehead atoms. The zero-order valence-corrected chi connectivity index (χ0v) is 17.8. The number of anilines is 1. The van der Waals surface area contributed by atoms with E-state index in [2.05, 4.69) is 37.2 Å². The summed E-state index contributed by atoms with van der Waals surface area (Å²) in [6, 6.07) is 13.7. The molecule has 2 aromatic heterocycles. The molecule has 1 aliphatic rings. The minimum atomic E-state index is 0. The number of rotatable bonds is 4. The molecule has 3 aromatic rings. The number of carbonyl (C=O) groups is 1. The second-order valence-electron chi connectivity index (χ2n) is 6.39. The van der Waals surface area contributed by atoms with Crippen LogP contribution in [0, 0.1) is 0 Å². The van der Waals surface area contributed by atoms with Gasteiger partial charge in [0.25, 0.3) is 0 Å². The normalized spacial score (nSPS) is 16.1. The van der Waals surface area contributed by atoms with E-state index in [0.29, 0.717) is 25.5 Å². The number of nitrogens with one attached hydrogen (secondary N) is 3. The molecule has 146 valence electrons. The third kappa shape index (κ3) is 4.24. The molecule has 0 spiro atoms. The largest absolute Gasteiger partial charge is 0.356 e. The van der Waals surface area contributed by atoms with Crippen LogP contribution in [-0.2, 0) is 11.3 Å². The van der Waals surface area contributed by atoms with Crippen molar-refractivity contribution in [2.45, 2.75) is 18.9 Å². The van der Waals surface area contributed by atoms with Gasteiger partial charge < -0.3 is 16.0 Å². The molecule has 0 fully saturated rings. The number of benzene rings is 1. The van der Waals surface area contributed by atoms with Gasteiger partial charge in [-0.2, -0.15) is 0 Å². The number of aromatic nitrogens is 3. The molecule has 0 saturated carbocycles. The van der Waals surface area contributed by atoms with Crippen LogP contribution >= 0.6 is 24.0 Å². The fraction of sp³-hybridized carbons (Fsp3) is 0.263. The summed E-state index contributed by atoms with van der Waals surface area (Å²) in [7, 11) is 1.72. The van der Waals surface area contributed by atoms with Crippen LogP contribution < -0.4 is 16.0 Å². The van der Waals surface area contributed by atoms with Gasteiger partial charge in [0, 0.05) is 37.8 Å². The minimum Gasteiger partial charge on any atom is -0.356 e. The number of fused-ring (bicyclic) bond motifs is 2. The van der Waals surface area contributed by atoms with Gasteiger partial charge in [0.1, 0.15) is 0 Å². The minimum absolute atomic E-state index is 0. The number of guanidine groups is 1. The second-order valence-corrected chi connectivity index (χ2v) is 6.39. The van der Waals surface area contributed by atoms with Crippen molar-refractivity contribution in [2.75, 3.05) is 18.9 Å². The number of pyridine rings is 1. The fourth-order valence-electron chi connectivity index (χ4n) is 3.30. The molecule has 3 N–H and O–H groups in total. The molecule has 1 aliphatic heterocycles. The average molecular weight is 491 g/mol. The lowest BCUT2D eigenvalue weighted by Crippen LogP contribution is -2.40. The number of para-hydroxylation sites is 1. The van der Waals surface area contributed by atoms with E-state index in [4.69, 9.17) is 0 Å². The van der Waals surface area contributed by atoms with Crippen molar-refractivity contribution in [2.24, 2.45) is 4.99 Å². The Hall–Kier alpha value is -2.69. The van der Waals surface area contributed by atoms with E-state index in [9.17, 15) is 4.79 Å². The molecule has 3 heterocycles. The number of nitrogens with zero attached hydrogens (tertiary/aromatic N) is 4. The Kier molecular flexibility index (Phi) is 6.45. The Morgan fingerprint density at radius 2 is 2.04 bits per heavy atom. The third-order valence-corrected chi connectivity index (χ3v) is 4.64. The molecule has 1 aromatic carbocycles. The van der Waals surface area contributed by atoms with Gasteiger partial charge in [-0.25, -0.2) is 0 Å². The summed E-state index contributed by atoms with van der Waals surface area (Å²) >= 11 is 0. The average Bonchev–Trinajstić information content (AvgIpc) is 3.11. The van der Waals surface area contributed by atoms with Crippen LogP contribution in [0.3, 0.4) is 0 Å². The fourth-order valence-corrected chi connectivity index (χ4v) is 3.30. The van der Waals surface area contributed by atoms with Gasteiger partial charge >= 0.3 is 0 Å². The lowest BCUT2D eigenvalue weighted by atomic mass is 9.90. The summed E-state index contributed by atoms with van der Waals surface area (Å²) in [5.74, 6) is 1.60. The monoisotopic (exact) mass is 491 g/mol. The van der Waals surface area contributed by atoms with Crippen molar-refractivity contribution >= 4 is 47.2 Å². The molecular formula is C19H22IN7O. The quantitative estimate of drug-likeness (QED) is 0.296. The number of aliphatic imine (C=N–C) groups is 1. The molecule has 28 heavy (non-hydrogen) atoms. The Balaban J connectivity index is 0.00000225. The first-order valence-corrected chi connectivity index (χ1v) is 8.86. The molecule has 9 heteroatoms. The van der Waals surface area contributed by atoms with E-state index in [1.807, 2.05) is 47.0 Å². The maximum Gasteiger partial charge on any atom is 0.225 e. The smallest absolute Gasteiger partial charge is 0.225 e. The maximum absolute atomic E-state index is 12.0. The lowest BCUT2D eigenvalue weighted by molar-refractivity contribution is -0.116. The summed E-state index contributed by atoms with van der Waals surface area (Å²) in [5.41, 5.74) is 2.84. The van der Waals surface area contributed by atoms with Crippen LogP contribution in [0.4, 0.5) is 5.69 Å². The van der Waals surface area contributed by atoms with Gasteiger partial charge in [0.15, 0.2) is 17.4 Å². The first-order chi connectivity index (χ1) is 13.2. The maximum atomic E-state index is 12.0. The van der Waals surface area contributed by atoms with Crippen LogP contribution in [0.5, 0.6) is 0 Å². The van der Waals surface area contributed by atoms with Crippen LogP contribution in [0.2, 0.25) is 0 Å². The van der Waals surface area contributed by atoms with Crippen LogP contribution in [0.1, 0.15) is 23.7 Å². The van der Waals surface area contributed by atoms with Crippen LogP contribution in [-0.4, -0.2) is 40.1 Å². The molecular weight excluding hydrogens is 469 g/mol. The predicted octanol–water partition coefficient (Wildman–Crippen LogP) is 2.14. The van der Waals surface area contributed by atoms with Gasteiger partial charge in [-0.15, -0.1) is 34.2 Å². The van der Waals surface area contributed by atoms with Crippen molar-refractivity contribution in [3.05, 3.63) is 60.0 Å². The van der Waals surface area contributed by atoms with Gasteiger partial charge in [-0.05, 0) is 23.8 Å². The highest BCUT2D eigenvalue weighted by atomic mass is 127. The van der Waals surface area contributed by atoms with E-state index >= 15 is 0 Å². The first-order valence-electron chi connectivity index (χ1n) is 8.86. The van der Waals surface area contributed by atoms with Crippen molar-refractivity contribution in [3.8, 4) is 0 Å². The van der Waals surface area contributed by atoms with E-state index in [1.165, 1.54) is 0 Å². The van der Waals surface area contributed by atoms with E-state index in [1.54, 1.807) is 7.05 Å². The highest BCUT2D eigenvalue weighted by molar-refractivity contribution is 14.0. The Bertz CT molecular complexity index is 1000. The van der Waals surface area contributed by atoms with E-state index in [0.717, 1.165) is 22.7 Å². The molecule has 1 unspecified atom stereocenters. The summed E-state index contributed by atoms with van der Waals surface area (Å²) in [6.07, 6.45) is 2.38. The Labute approximate surface area is 179 Å². The molecule has 0 saturated heterocycles. The molecule has 8 nitrogen and oxygen atoms in total. The number of carbonyl (C=O) groups excluding carboxylic acids is 1. The molecule has 4 rings (SSSR count). The van der Waals surface area contributed by atoms with E-state index < -0.39 is 0 Å². The van der Waals surface area contributed by atoms with E-state index in [-0.39, 0.29) is 35.8 Å². The zero-order chi connectivity index (χ0) is 18.6. The van der Waals surface area contributed by atoms with Gasteiger partial charge in [-0.3, -0.25) is 14.2 Å². The van der Waals surface area contributed by atoms with Gasteiger partial charge in [0.2, 0.25) is 5.91 Å². The number of hydrogen-bond donors (Lipinski definition) is 3. The summed E-state index contributed by atoms with van der Waals surface area (Å²) in [5, 5.41) is 17.8. The number of hydrogen-bond acceptors (Lipinski definition) is 4.